The smallest absolute Gasteiger partial charge is 0.408 e. The maximum atomic E-state index is 11.9. The molecule has 2 aromatic carbocycles. The van der Waals surface area contributed by atoms with E-state index >= 15 is 0 Å². The van der Waals surface area contributed by atoms with E-state index in [9.17, 15) is 9.59 Å². The Hall–Kier alpha value is -2.82. The summed E-state index contributed by atoms with van der Waals surface area (Å²) in [6.45, 7) is 0. The summed E-state index contributed by atoms with van der Waals surface area (Å²) >= 11 is 0. The van der Waals surface area contributed by atoms with E-state index in [1.807, 2.05) is 42.5 Å². The third-order valence-corrected chi connectivity index (χ3v) is 3.55. The van der Waals surface area contributed by atoms with Crippen LogP contribution in [-0.2, 0) is 18.3 Å². The number of oxazole rings is 1. The predicted molar refractivity (Wildman–Crippen MR) is 84.8 cm³/mol. The van der Waals surface area contributed by atoms with Crippen LogP contribution in [0.5, 0.6) is 0 Å². The van der Waals surface area contributed by atoms with Gasteiger partial charge in [-0.05, 0) is 36.2 Å². The Kier molecular flexibility index (Phi) is 3.78. The lowest BCUT2D eigenvalue weighted by atomic mass is 10.1. The molecule has 0 aliphatic rings. The standard InChI is InChI=1S/C17H16N2O3/c1-19-14-11-12(7-9-15(14)22-17(19)21)8-10-16(20)18-13-5-3-2-4-6-13/h2-7,9,11H,8,10H2,1H3,(H,18,20). The molecule has 0 atom stereocenters. The van der Waals surface area contributed by atoms with Crippen molar-refractivity contribution in [1.82, 2.24) is 4.57 Å². The maximum absolute atomic E-state index is 11.9. The summed E-state index contributed by atoms with van der Waals surface area (Å²) in [4.78, 5) is 23.4. The first-order valence-electron chi connectivity index (χ1n) is 7.07. The molecule has 0 fully saturated rings. The monoisotopic (exact) mass is 296 g/mol. The third kappa shape index (κ3) is 2.93. The first-order chi connectivity index (χ1) is 10.6. The molecule has 0 aliphatic heterocycles. The molecule has 0 saturated heterocycles. The lowest BCUT2D eigenvalue weighted by Gasteiger charge is -2.05. The second-order valence-corrected chi connectivity index (χ2v) is 5.14. The van der Waals surface area contributed by atoms with E-state index in [-0.39, 0.29) is 11.7 Å². The minimum Gasteiger partial charge on any atom is -0.408 e. The van der Waals surface area contributed by atoms with Gasteiger partial charge in [-0.15, -0.1) is 0 Å². The number of para-hydroxylation sites is 1. The topological polar surface area (TPSA) is 64.2 Å². The number of carbonyl (C=O) groups excluding carboxylic acids is 1. The largest absolute Gasteiger partial charge is 0.419 e. The minimum atomic E-state index is -0.381. The van der Waals surface area contributed by atoms with Crippen LogP contribution in [0.4, 0.5) is 5.69 Å². The Labute approximate surface area is 127 Å². The fraction of sp³-hybridized carbons (Fsp3) is 0.176. The number of hydrogen-bond donors (Lipinski definition) is 1. The van der Waals surface area contributed by atoms with Crippen LogP contribution in [-0.4, -0.2) is 10.5 Å². The quantitative estimate of drug-likeness (QED) is 0.805. The number of hydrogen-bond acceptors (Lipinski definition) is 3. The highest BCUT2D eigenvalue weighted by Crippen LogP contribution is 2.15. The minimum absolute atomic E-state index is 0.0348. The number of aryl methyl sites for hydroxylation is 2. The number of nitrogens with one attached hydrogen (secondary N) is 1. The Bertz CT molecular complexity index is 862. The van der Waals surface area contributed by atoms with Crippen LogP contribution in [0.15, 0.2) is 57.7 Å². The van der Waals surface area contributed by atoms with Crippen molar-refractivity contribution in [3.8, 4) is 0 Å². The van der Waals surface area contributed by atoms with Crippen molar-refractivity contribution in [2.24, 2.45) is 7.05 Å². The van der Waals surface area contributed by atoms with Crippen LogP contribution in [0, 0.1) is 0 Å². The average molecular weight is 296 g/mol. The molecule has 0 spiro atoms. The maximum Gasteiger partial charge on any atom is 0.419 e. The van der Waals surface area contributed by atoms with E-state index in [0.29, 0.717) is 18.4 Å². The molecule has 0 bridgehead atoms. The van der Waals surface area contributed by atoms with E-state index in [0.717, 1.165) is 16.8 Å². The Morgan fingerprint density at radius 3 is 2.73 bits per heavy atom. The summed E-state index contributed by atoms with van der Waals surface area (Å²) in [5.41, 5.74) is 3.09. The van der Waals surface area contributed by atoms with Crippen molar-refractivity contribution < 1.29 is 9.21 Å². The van der Waals surface area contributed by atoms with Crippen molar-refractivity contribution in [3.05, 3.63) is 64.6 Å². The fourth-order valence-electron chi connectivity index (χ4n) is 2.33. The van der Waals surface area contributed by atoms with Gasteiger partial charge in [0.15, 0.2) is 5.58 Å². The van der Waals surface area contributed by atoms with Crippen molar-refractivity contribution in [2.75, 3.05) is 5.32 Å². The van der Waals surface area contributed by atoms with Crippen LogP contribution < -0.4 is 11.1 Å². The SMILES string of the molecule is Cn1c(=O)oc2ccc(CCC(=O)Nc3ccccc3)cc21. The van der Waals surface area contributed by atoms with Crippen molar-refractivity contribution in [2.45, 2.75) is 12.8 Å². The van der Waals surface area contributed by atoms with Crippen molar-refractivity contribution >= 4 is 22.7 Å². The molecule has 3 rings (SSSR count). The lowest BCUT2D eigenvalue weighted by Crippen LogP contribution is -2.12. The summed E-state index contributed by atoms with van der Waals surface area (Å²) in [7, 11) is 1.67. The van der Waals surface area contributed by atoms with Gasteiger partial charge in [-0.1, -0.05) is 24.3 Å². The lowest BCUT2D eigenvalue weighted by molar-refractivity contribution is -0.116. The molecule has 1 heterocycles. The Morgan fingerprint density at radius 1 is 1.18 bits per heavy atom. The van der Waals surface area contributed by atoms with Gasteiger partial charge in [-0.2, -0.15) is 0 Å². The van der Waals surface area contributed by atoms with Gasteiger partial charge in [0.2, 0.25) is 5.91 Å². The number of rotatable bonds is 4. The van der Waals surface area contributed by atoms with Crippen molar-refractivity contribution in [1.29, 1.82) is 0 Å². The highest BCUT2D eigenvalue weighted by Gasteiger charge is 2.08. The molecule has 1 aromatic heterocycles. The highest BCUT2D eigenvalue weighted by molar-refractivity contribution is 5.90. The second-order valence-electron chi connectivity index (χ2n) is 5.14. The zero-order valence-corrected chi connectivity index (χ0v) is 12.2. The molecule has 3 aromatic rings. The number of amides is 1. The molecule has 0 aliphatic carbocycles. The van der Waals surface area contributed by atoms with Gasteiger partial charge in [0.1, 0.15) is 0 Å². The van der Waals surface area contributed by atoms with Gasteiger partial charge < -0.3 is 9.73 Å². The summed E-state index contributed by atoms with van der Waals surface area (Å²) in [5.74, 6) is -0.415. The molecule has 22 heavy (non-hydrogen) atoms. The molecule has 1 N–H and O–H groups in total. The van der Waals surface area contributed by atoms with E-state index in [1.54, 1.807) is 13.1 Å². The zero-order chi connectivity index (χ0) is 15.5. The highest BCUT2D eigenvalue weighted by atomic mass is 16.4. The van der Waals surface area contributed by atoms with Gasteiger partial charge in [0.25, 0.3) is 0 Å². The summed E-state index contributed by atoms with van der Waals surface area (Å²) in [6.07, 6.45) is 0.986. The van der Waals surface area contributed by atoms with Gasteiger partial charge in [0, 0.05) is 19.2 Å². The van der Waals surface area contributed by atoms with Crippen LogP contribution >= 0.6 is 0 Å². The number of fused-ring (bicyclic) bond motifs is 1. The van der Waals surface area contributed by atoms with Gasteiger partial charge in [-0.25, -0.2) is 4.79 Å². The van der Waals surface area contributed by atoms with Crippen LogP contribution in [0.25, 0.3) is 11.1 Å². The van der Waals surface area contributed by atoms with Crippen LogP contribution in [0.3, 0.4) is 0 Å². The summed E-state index contributed by atoms with van der Waals surface area (Å²) in [5, 5.41) is 2.85. The molecular weight excluding hydrogens is 280 g/mol. The van der Waals surface area contributed by atoms with Gasteiger partial charge >= 0.3 is 5.76 Å². The van der Waals surface area contributed by atoms with Crippen molar-refractivity contribution in [3.63, 3.8) is 0 Å². The number of nitrogens with zero attached hydrogens (tertiary/aromatic N) is 1. The number of anilines is 1. The molecule has 0 unspecified atom stereocenters. The van der Waals surface area contributed by atoms with Crippen LogP contribution in [0.2, 0.25) is 0 Å². The van der Waals surface area contributed by atoms with E-state index in [4.69, 9.17) is 4.42 Å². The zero-order valence-electron chi connectivity index (χ0n) is 12.2. The number of benzene rings is 2. The van der Waals surface area contributed by atoms with Crippen LogP contribution in [0.1, 0.15) is 12.0 Å². The molecule has 0 radical (unpaired) electrons. The predicted octanol–water partition coefficient (Wildman–Crippen LogP) is 2.70. The third-order valence-electron chi connectivity index (χ3n) is 3.55. The first-order valence-corrected chi connectivity index (χ1v) is 7.07. The van der Waals surface area contributed by atoms with Gasteiger partial charge in [-0.3, -0.25) is 9.36 Å². The summed E-state index contributed by atoms with van der Waals surface area (Å²) in [6, 6.07) is 14.9. The molecule has 5 heteroatoms. The fourth-order valence-corrected chi connectivity index (χ4v) is 2.33. The number of aromatic nitrogens is 1. The average Bonchev–Trinajstić information content (AvgIpc) is 2.81. The molecule has 5 nitrogen and oxygen atoms in total. The van der Waals surface area contributed by atoms with Gasteiger partial charge in [0.05, 0.1) is 5.52 Å². The normalized spacial score (nSPS) is 10.8. The second kappa shape index (κ2) is 5.89. The van der Waals surface area contributed by atoms with E-state index < -0.39 is 0 Å². The molecular formula is C17H16N2O3. The Balaban J connectivity index is 1.67. The first kappa shape index (κ1) is 14.1. The summed E-state index contributed by atoms with van der Waals surface area (Å²) < 4.78 is 6.55. The van der Waals surface area contributed by atoms with E-state index in [2.05, 4.69) is 5.32 Å². The van der Waals surface area contributed by atoms with E-state index in [1.165, 1.54) is 4.57 Å². The number of carbonyl (C=O) groups is 1. The Morgan fingerprint density at radius 2 is 1.95 bits per heavy atom. The molecule has 112 valence electrons. The molecule has 1 amide bonds. The molecule has 0 saturated carbocycles.